The molecule has 3 heterocycles. The van der Waals surface area contributed by atoms with Crippen LogP contribution in [0, 0.1) is 16.0 Å². The Morgan fingerprint density at radius 2 is 1.65 bits per heavy atom. The quantitative estimate of drug-likeness (QED) is 0.125. The van der Waals surface area contributed by atoms with Crippen molar-refractivity contribution in [3.8, 4) is 0 Å². The number of imide groups is 1. The second-order valence-corrected chi connectivity index (χ2v) is 13.5. The standard InChI is InChI=1S/C33H28F3N5O6S2/c1-3-38(4-2)21-10-8-18(9-11-21)25-26-27(30(44)40(29(26)43)22-12-14-23(15-13-22)41(46)47)48-31-28(25)49-32(45)39(31)17-24(42)37-20-7-5-6-19(16-20)33(34,35)36/h5-16,25-27H,3-4,17H2,1-2H3,(H,37,42)/t25-,26-,27+/m0/s1. The van der Waals surface area contributed by atoms with Gasteiger partial charge >= 0.3 is 11.0 Å². The van der Waals surface area contributed by atoms with Gasteiger partial charge in [0.25, 0.3) is 5.69 Å². The lowest BCUT2D eigenvalue weighted by atomic mass is 9.83. The molecule has 0 aliphatic carbocycles. The molecule has 49 heavy (non-hydrogen) atoms. The van der Waals surface area contributed by atoms with Crippen LogP contribution in [0.15, 0.2) is 82.6 Å². The van der Waals surface area contributed by atoms with Crippen molar-refractivity contribution >= 4 is 63.6 Å². The van der Waals surface area contributed by atoms with Crippen LogP contribution >= 0.6 is 23.1 Å². The molecular weight excluding hydrogens is 684 g/mol. The Morgan fingerprint density at radius 1 is 0.980 bits per heavy atom. The summed E-state index contributed by atoms with van der Waals surface area (Å²) in [4.78, 5) is 68.3. The number of carbonyl (C=O) groups excluding carboxylic acids is 3. The zero-order chi connectivity index (χ0) is 35.2. The van der Waals surface area contributed by atoms with Gasteiger partial charge in [-0.15, -0.1) is 0 Å². The fraction of sp³-hybridized carbons (Fsp3) is 0.273. The minimum Gasteiger partial charge on any atom is -0.372 e. The van der Waals surface area contributed by atoms with Crippen molar-refractivity contribution in [3.05, 3.63) is 109 Å². The first-order valence-electron chi connectivity index (χ1n) is 15.2. The molecule has 4 aromatic rings. The first-order valence-corrected chi connectivity index (χ1v) is 16.9. The van der Waals surface area contributed by atoms with Gasteiger partial charge in [-0.25, -0.2) is 4.90 Å². The number of non-ortho nitro benzene ring substituents is 1. The van der Waals surface area contributed by atoms with E-state index < -0.39 is 62.9 Å². The summed E-state index contributed by atoms with van der Waals surface area (Å²) in [6, 6.07) is 16.7. The van der Waals surface area contributed by atoms with Crippen LogP contribution < -0.4 is 20.0 Å². The number of amides is 3. The van der Waals surface area contributed by atoms with Gasteiger partial charge in [-0.2, -0.15) is 13.2 Å². The Kier molecular flexibility index (Phi) is 9.11. The van der Waals surface area contributed by atoms with E-state index in [1.807, 2.05) is 38.1 Å². The lowest BCUT2D eigenvalue weighted by molar-refractivity contribution is -0.384. The topological polar surface area (TPSA) is 135 Å². The van der Waals surface area contributed by atoms with Crippen LogP contribution in [0.4, 0.5) is 35.9 Å². The average molecular weight is 712 g/mol. The number of rotatable bonds is 9. The van der Waals surface area contributed by atoms with Crippen LogP contribution in [0.3, 0.4) is 0 Å². The number of nitro groups is 1. The molecule has 3 amide bonds. The normalized spacial score (nSPS) is 18.6. The summed E-state index contributed by atoms with van der Waals surface area (Å²) in [5, 5.41) is 12.9. The number of aromatic nitrogens is 1. The number of fused-ring (bicyclic) bond motifs is 2. The van der Waals surface area contributed by atoms with Crippen molar-refractivity contribution < 1.29 is 32.5 Å². The number of carbonyl (C=O) groups is 3. The number of nitrogens with one attached hydrogen (secondary N) is 1. The lowest BCUT2D eigenvalue weighted by Crippen LogP contribution is -2.33. The second kappa shape index (κ2) is 13.2. The summed E-state index contributed by atoms with van der Waals surface area (Å²) in [5.74, 6) is -3.56. The molecule has 254 valence electrons. The van der Waals surface area contributed by atoms with Crippen LogP contribution in [0.1, 0.15) is 35.8 Å². The van der Waals surface area contributed by atoms with Gasteiger partial charge in [0.2, 0.25) is 17.7 Å². The predicted molar refractivity (Wildman–Crippen MR) is 179 cm³/mol. The molecule has 6 rings (SSSR count). The molecular formula is C33H28F3N5O6S2. The van der Waals surface area contributed by atoms with E-state index in [1.54, 1.807) is 0 Å². The lowest BCUT2D eigenvalue weighted by Gasteiger charge is -2.31. The number of nitrogens with zero attached hydrogens (tertiary/aromatic N) is 4. The van der Waals surface area contributed by atoms with Crippen molar-refractivity contribution in [3.63, 3.8) is 0 Å². The van der Waals surface area contributed by atoms with Gasteiger partial charge < -0.3 is 10.2 Å². The summed E-state index contributed by atoms with van der Waals surface area (Å²) in [6.07, 6.45) is -4.62. The van der Waals surface area contributed by atoms with Gasteiger partial charge in [0.05, 0.1) is 27.1 Å². The highest BCUT2D eigenvalue weighted by Crippen LogP contribution is 2.54. The maximum atomic E-state index is 14.1. The average Bonchev–Trinajstić information content (AvgIpc) is 3.51. The first-order chi connectivity index (χ1) is 23.3. The highest BCUT2D eigenvalue weighted by Gasteiger charge is 2.57. The molecule has 11 nitrogen and oxygen atoms in total. The molecule has 0 spiro atoms. The predicted octanol–water partition coefficient (Wildman–Crippen LogP) is 6.12. The molecule has 1 N–H and O–H groups in total. The molecule has 0 unspecified atom stereocenters. The fourth-order valence-electron chi connectivity index (χ4n) is 6.19. The fourth-order valence-corrected chi connectivity index (χ4v) is 8.96. The molecule has 3 atom stereocenters. The van der Waals surface area contributed by atoms with Gasteiger partial charge in [-0.05, 0) is 61.9 Å². The smallest absolute Gasteiger partial charge is 0.372 e. The Morgan fingerprint density at radius 3 is 2.27 bits per heavy atom. The van der Waals surface area contributed by atoms with E-state index in [9.17, 15) is 42.5 Å². The Balaban J connectivity index is 1.38. The Labute approximate surface area is 285 Å². The summed E-state index contributed by atoms with van der Waals surface area (Å²) in [7, 11) is 0. The molecule has 3 aromatic carbocycles. The largest absolute Gasteiger partial charge is 0.416 e. The number of nitro benzene ring substituents is 1. The van der Waals surface area contributed by atoms with Gasteiger partial charge in [-0.1, -0.05) is 41.3 Å². The third-order valence-corrected chi connectivity index (χ3v) is 11.1. The molecule has 0 saturated carbocycles. The van der Waals surface area contributed by atoms with Crippen molar-refractivity contribution in [1.29, 1.82) is 0 Å². The zero-order valence-electron chi connectivity index (χ0n) is 26.0. The molecule has 0 radical (unpaired) electrons. The summed E-state index contributed by atoms with van der Waals surface area (Å²) < 4.78 is 40.9. The van der Waals surface area contributed by atoms with E-state index in [2.05, 4.69) is 10.2 Å². The highest BCUT2D eigenvalue weighted by atomic mass is 32.2. The SMILES string of the molecule is CCN(CC)c1ccc([C@@H]2c3sc(=O)n(CC(=O)Nc4cccc(C(F)(F)F)c4)c3S[C@H]3C(=O)N(c4ccc([N+](=O)[O-])cc4)C(=O)[C@@H]23)cc1. The number of thiazole rings is 1. The van der Waals surface area contributed by atoms with Gasteiger partial charge in [0.1, 0.15) is 11.8 Å². The minimum atomic E-state index is -4.62. The maximum absolute atomic E-state index is 14.1. The third-order valence-electron chi connectivity index (χ3n) is 8.52. The van der Waals surface area contributed by atoms with Crippen LogP contribution in [0.25, 0.3) is 0 Å². The number of alkyl halides is 3. The molecule has 16 heteroatoms. The van der Waals surface area contributed by atoms with Crippen LogP contribution in [-0.4, -0.2) is 45.6 Å². The molecule has 1 saturated heterocycles. The number of halogens is 3. The minimum absolute atomic E-state index is 0.105. The zero-order valence-corrected chi connectivity index (χ0v) is 27.6. The van der Waals surface area contributed by atoms with Crippen molar-refractivity contribution in [2.24, 2.45) is 5.92 Å². The third kappa shape index (κ3) is 6.33. The number of benzene rings is 3. The van der Waals surface area contributed by atoms with E-state index in [4.69, 9.17) is 0 Å². The monoisotopic (exact) mass is 711 g/mol. The molecule has 2 aliphatic rings. The number of thioether (sulfide) groups is 1. The van der Waals surface area contributed by atoms with Gasteiger partial charge in [0, 0.05) is 47.4 Å². The second-order valence-electron chi connectivity index (χ2n) is 11.3. The Bertz CT molecular complexity index is 2010. The van der Waals surface area contributed by atoms with Gasteiger partial charge in [-0.3, -0.25) is 33.9 Å². The molecule has 0 bridgehead atoms. The van der Waals surface area contributed by atoms with Crippen LogP contribution in [0.2, 0.25) is 0 Å². The van der Waals surface area contributed by atoms with Crippen LogP contribution in [0.5, 0.6) is 0 Å². The van der Waals surface area contributed by atoms with E-state index in [1.165, 1.54) is 34.9 Å². The van der Waals surface area contributed by atoms with E-state index in [0.29, 0.717) is 15.5 Å². The summed E-state index contributed by atoms with van der Waals surface area (Å²) in [6.45, 7) is 5.01. The van der Waals surface area contributed by atoms with Gasteiger partial charge in [0.15, 0.2) is 0 Å². The number of hydrogen-bond acceptors (Lipinski definition) is 9. The maximum Gasteiger partial charge on any atom is 0.416 e. The van der Waals surface area contributed by atoms with E-state index in [-0.39, 0.29) is 17.1 Å². The molecule has 1 fully saturated rings. The van der Waals surface area contributed by atoms with Crippen molar-refractivity contribution in [1.82, 2.24) is 4.57 Å². The number of anilines is 3. The van der Waals surface area contributed by atoms with Crippen molar-refractivity contribution in [2.45, 2.75) is 42.8 Å². The Hall–Kier alpha value is -4.96. The van der Waals surface area contributed by atoms with Crippen molar-refractivity contribution in [2.75, 3.05) is 28.2 Å². The van der Waals surface area contributed by atoms with E-state index in [0.717, 1.165) is 65.0 Å². The molecule has 2 aliphatic heterocycles. The molecule has 1 aromatic heterocycles. The summed E-state index contributed by atoms with van der Waals surface area (Å²) >= 11 is 1.82. The summed E-state index contributed by atoms with van der Waals surface area (Å²) in [5.41, 5.74) is 0.498. The highest BCUT2D eigenvalue weighted by molar-refractivity contribution is 8.00. The first kappa shape index (κ1) is 33.9. The van der Waals surface area contributed by atoms with E-state index >= 15 is 0 Å². The number of hydrogen-bond donors (Lipinski definition) is 1. The van der Waals surface area contributed by atoms with Crippen LogP contribution in [-0.2, 0) is 27.1 Å².